The van der Waals surface area contributed by atoms with Crippen molar-refractivity contribution in [3.8, 4) is 0 Å². The average molecular weight is 296 g/mol. The summed E-state index contributed by atoms with van der Waals surface area (Å²) in [5.41, 5.74) is -0.204. The standard InChI is InChI=1S/C12H12N2O5S/c1-4-7-9(20-8(4)12(18)19)13-6(3)14(10(7)15)5(2)11(16)17/h5H,1-3H3,(H,16,17)(H,18,19). The summed E-state index contributed by atoms with van der Waals surface area (Å²) in [7, 11) is 0. The van der Waals surface area contributed by atoms with Gasteiger partial charge in [0, 0.05) is 0 Å². The lowest BCUT2D eigenvalue weighted by Gasteiger charge is -2.13. The van der Waals surface area contributed by atoms with E-state index in [1.165, 1.54) is 20.8 Å². The van der Waals surface area contributed by atoms with Gasteiger partial charge in [-0.25, -0.2) is 14.6 Å². The number of rotatable bonds is 3. The Morgan fingerprint density at radius 3 is 2.40 bits per heavy atom. The number of carbonyl (C=O) groups is 2. The van der Waals surface area contributed by atoms with Crippen LogP contribution in [-0.4, -0.2) is 31.7 Å². The van der Waals surface area contributed by atoms with Gasteiger partial charge in [0.2, 0.25) is 0 Å². The van der Waals surface area contributed by atoms with Crippen LogP contribution in [0.4, 0.5) is 0 Å². The van der Waals surface area contributed by atoms with E-state index >= 15 is 0 Å². The van der Waals surface area contributed by atoms with Gasteiger partial charge in [0.25, 0.3) is 5.56 Å². The minimum Gasteiger partial charge on any atom is -0.480 e. The van der Waals surface area contributed by atoms with Crippen LogP contribution in [0.1, 0.15) is 34.0 Å². The van der Waals surface area contributed by atoms with Gasteiger partial charge in [0.1, 0.15) is 21.6 Å². The lowest BCUT2D eigenvalue weighted by atomic mass is 10.2. The molecule has 0 fully saturated rings. The molecule has 0 spiro atoms. The van der Waals surface area contributed by atoms with Crippen molar-refractivity contribution < 1.29 is 19.8 Å². The van der Waals surface area contributed by atoms with E-state index in [0.29, 0.717) is 10.4 Å². The zero-order valence-electron chi connectivity index (χ0n) is 11.0. The Hall–Kier alpha value is -2.22. The number of aromatic nitrogens is 2. The average Bonchev–Trinajstić information content (AvgIpc) is 2.66. The first kappa shape index (κ1) is 14.2. The molecule has 0 aliphatic rings. The summed E-state index contributed by atoms with van der Waals surface area (Å²) in [6, 6.07) is -1.06. The molecular weight excluding hydrogens is 284 g/mol. The van der Waals surface area contributed by atoms with Crippen LogP contribution in [0, 0.1) is 13.8 Å². The van der Waals surface area contributed by atoms with E-state index in [0.717, 1.165) is 15.9 Å². The van der Waals surface area contributed by atoms with E-state index in [-0.39, 0.29) is 16.1 Å². The Morgan fingerprint density at radius 2 is 1.90 bits per heavy atom. The van der Waals surface area contributed by atoms with Gasteiger partial charge in [0.15, 0.2) is 0 Å². The number of aryl methyl sites for hydroxylation is 2. The van der Waals surface area contributed by atoms with Crippen molar-refractivity contribution in [3.05, 3.63) is 26.6 Å². The zero-order chi connectivity index (χ0) is 15.2. The fourth-order valence-electron chi connectivity index (χ4n) is 2.07. The molecule has 1 unspecified atom stereocenters. The van der Waals surface area contributed by atoms with Crippen LogP contribution in [0.25, 0.3) is 10.2 Å². The third-order valence-electron chi connectivity index (χ3n) is 3.11. The predicted molar refractivity (Wildman–Crippen MR) is 72.7 cm³/mol. The highest BCUT2D eigenvalue weighted by atomic mass is 32.1. The van der Waals surface area contributed by atoms with Gasteiger partial charge in [-0.05, 0) is 26.3 Å². The highest BCUT2D eigenvalue weighted by molar-refractivity contribution is 7.20. The van der Waals surface area contributed by atoms with Gasteiger partial charge in [0.05, 0.1) is 5.39 Å². The van der Waals surface area contributed by atoms with E-state index in [9.17, 15) is 14.4 Å². The number of carboxylic acid groups (broad SMARTS) is 2. The van der Waals surface area contributed by atoms with Crippen molar-refractivity contribution >= 4 is 33.5 Å². The number of fused-ring (bicyclic) bond motifs is 1. The van der Waals surface area contributed by atoms with Crippen LogP contribution >= 0.6 is 11.3 Å². The Labute approximate surface area is 117 Å². The number of aliphatic carboxylic acids is 1. The lowest BCUT2D eigenvalue weighted by molar-refractivity contribution is -0.140. The minimum atomic E-state index is -1.15. The summed E-state index contributed by atoms with van der Waals surface area (Å²) in [5.74, 6) is -2.03. The monoisotopic (exact) mass is 296 g/mol. The molecule has 1 atom stereocenters. The van der Waals surface area contributed by atoms with E-state index in [2.05, 4.69) is 4.98 Å². The van der Waals surface area contributed by atoms with Gasteiger partial charge < -0.3 is 10.2 Å². The molecule has 0 aromatic carbocycles. The first-order chi connectivity index (χ1) is 9.25. The van der Waals surface area contributed by atoms with Crippen LogP contribution in [0.5, 0.6) is 0 Å². The fourth-order valence-corrected chi connectivity index (χ4v) is 3.12. The highest BCUT2D eigenvalue weighted by Gasteiger charge is 2.23. The topological polar surface area (TPSA) is 109 Å². The molecule has 0 saturated heterocycles. The molecule has 0 saturated carbocycles. The number of thiophene rings is 1. The quantitative estimate of drug-likeness (QED) is 0.886. The number of carboxylic acids is 2. The van der Waals surface area contributed by atoms with Crippen LogP contribution in [0.15, 0.2) is 4.79 Å². The molecule has 2 heterocycles. The Morgan fingerprint density at radius 1 is 1.30 bits per heavy atom. The molecular formula is C12H12N2O5S. The van der Waals surface area contributed by atoms with Crippen LogP contribution in [0.2, 0.25) is 0 Å². The van der Waals surface area contributed by atoms with Crippen LogP contribution in [0.3, 0.4) is 0 Å². The van der Waals surface area contributed by atoms with Gasteiger partial charge in [-0.1, -0.05) is 0 Å². The number of aromatic carboxylic acids is 1. The third kappa shape index (κ3) is 1.97. The van der Waals surface area contributed by atoms with E-state index in [4.69, 9.17) is 10.2 Å². The summed E-state index contributed by atoms with van der Waals surface area (Å²) in [4.78, 5) is 39.1. The summed E-state index contributed by atoms with van der Waals surface area (Å²) < 4.78 is 1.07. The summed E-state index contributed by atoms with van der Waals surface area (Å²) in [6.45, 7) is 4.43. The summed E-state index contributed by atoms with van der Waals surface area (Å²) in [6.07, 6.45) is 0. The van der Waals surface area contributed by atoms with Gasteiger partial charge >= 0.3 is 11.9 Å². The molecule has 0 radical (unpaired) electrons. The number of hydrogen-bond donors (Lipinski definition) is 2. The van der Waals surface area contributed by atoms with Crippen molar-refractivity contribution in [3.63, 3.8) is 0 Å². The normalized spacial score (nSPS) is 12.6. The maximum Gasteiger partial charge on any atom is 0.346 e. The molecule has 2 aromatic heterocycles. The molecule has 0 aliphatic carbocycles. The first-order valence-electron chi connectivity index (χ1n) is 5.74. The Bertz CT molecular complexity index is 789. The van der Waals surface area contributed by atoms with Crippen molar-refractivity contribution in [1.82, 2.24) is 9.55 Å². The van der Waals surface area contributed by atoms with Crippen LogP contribution < -0.4 is 5.56 Å². The molecule has 7 nitrogen and oxygen atoms in total. The predicted octanol–water partition coefficient (Wildman–Crippen LogP) is 1.42. The second kappa shape index (κ2) is 4.71. The summed E-state index contributed by atoms with van der Waals surface area (Å²) >= 11 is 0.918. The highest BCUT2D eigenvalue weighted by Crippen LogP contribution is 2.27. The van der Waals surface area contributed by atoms with Crippen molar-refractivity contribution in [2.75, 3.05) is 0 Å². The largest absolute Gasteiger partial charge is 0.480 e. The van der Waals surface area contributed by atoms with Crippen molar-refractivity contribution in [2.45, 2.75) is 26.8 Å². The molecule has 2 N–H and O–H groups in total. The Kier molecular flexibility index (Phi) is 3.34. The maximum absolute atomic E-state index is 12.4. The Balaban J connectivity index is 2.88. The van der Waals surface area contributed by atoms with Crippen molar-refractivity contribution in [2.24, 2.45) is 0 Å². The molecule has 20 heavy (non-hydrogen) atoms. The molecule has 106 valence electrons. The molecule has 8 heteroatoms. The van der Waals surface area contributed by atoms with Gasteiger partial charge in [-0.3, -0.25) is 9.36 Å². The van der Waals surface area contributed by atoms with Gasteiger partial charge in [-0.2, -0.15) is 0 Å². The van der Waals surface area contributed by atoms with Crippen molar-refractivity contribution in [1.29, 1.82) is 0 Å². The van der Waals surface area contributed by atoms with Gasteiger partial charge in [-0.15, -0.1) is 11.3 Å². The van der Waals surface area contributed by atoms with E-state index < -0.39 is 23.5 Å². The number of hydrogen-bond acceptors (Lipinski definition) is 5. The van der Waals surface area contributed by atoms with Crippen LogP contribution in [-0.2, 0) is 4.79 Å². The second-order valence-electron chi connectivity index (χ2n) is 4.39. The second-order valence-corrected chi connectivity index (χ2v) is 5.39. The zero-order valence-corrected chi connectivity index (χ0v) is 11.8. The minimum absolute atomic E-state index is 0.0460. The molecule has 0 bridgehead atoms. The maximum atomic E-state index is 12.4. The third-order valence-corrected chi connectivity index (χ3v) is 4.29. The molecule has 2 aromatic rings. The summed E-state index contributed by atoms with van der Waals surface area (Å²) in [5, 5.41) is 18.3. The van der Waals surface area contributed by atoms with E-state index in [1.54, 1.807) is 0 Å². The smallest absolute Gasteiger partial charge is 0.346 e. The first-order valence-corrected chi connectivity index (χ1v) is 6.55. The lowest BCUT2D eigenvalue weighted by Crippen LogP contribution is -2.30. The number of nitrogens with zero attached hydrogens (tertiary/aromatic N) is 2. The molecule has 0 amide bonds. The molecule has 2 rings (SSSR count). The SMILES string of the molecule is Cc1c(C(=O)O)sc2nc(C)n(C(C)C(=O)O)c(=O)c12. The molecule has 0 aliphatic heterocycles. The fraction of sp³-hybridized carbons (Fsp3) is 0.333. The van der Waals surface area contributed by atoms with E-state index in [1.807, 2.05) is 0 Å².